The highest BCUT2D eigenvalue weighted by atomic mass is 19.1. The molecule has 0 atom stereocenters. The third-order valence-electron chi connectivity index (χ3n) is 3.03. The molecule has 3 nitrogen and oxygen atoms in total. The number of rotatable bonds is 6. The van der Waals surface area contributed by atoms with Crippen molar-refractivity contribution in [3.63, 3.8) is 0 Å². The first-order chi connectivity index (χ1) is 9.66. The molecule has 0 unspecified atom stereocenters. The van der Waals surface area contributed by atoms with Gasteiger partial charge in [-0.05, 0) is 36.2 Å². The third kappa shape index (κ3) is 3.90. The largest absolute Gasteiger partial charge is 0.478 e. The second-order valence-corrected chi connectivity index (χ2v) is 4.53. The second-order valence-electron chi connectivity index (χ2n) is 4.53. The van der Waals surface area contributed by atoms with Crippen molar-refractivity contribution >= 4 is 5.97 Å². The number of carboxylic acids is 1. The summed E-state index contributed by atoms with van der Waals surface area (Å²) < 4.78 is 13.5. The normalized spacial score (nSPS) is 10.4. The van der Waals surface area contributed by atoms with Crippen LogP contribution in [-0.4, -0.2) is 17.6 Å². The zero-order valence-corrected chi connectivity index (χ0v) is 11.0. The van der Waals surface area contributed by atoms with Crippen molar-refractivity contribution < 1.29 is 14.3 Å². The van der Waals surface area contributed by atoms with Crippen molar-refractivity contribution in [3.8, 4) is 0 Å². The molecule has 0 fully saturated rings. The first-order valence-corrected chi connectivity index (χ1v) is 6.43. The summed E-state index contributed by atoms with van der Waals surface area (Å²) in [5.74, 6) is -1.94. The van der Waals surface area contributed by atoms with Gasteiger partial charge in [-0.2, -0.15) is 0 Å². The Hall–Kier alpha value is -2.20. The average Bonchev–Trinajstić information content (AvgIpc) is 2.44. The summed E-state index contributed by atoms with van der Waals surface area (Å²) in [6, 6.07) is 14.3. The molecule has 0 radical (unpaired) electrons. The van der Waals surface area contributed by atoms with E-state index in [9.17, 15) is 9.18 Å². The van der Waals surface area contributed by atoms with Crippen molar-refractivity contribution in [2.45, 2.75) is 13.0 Å². The Morgan fingerprint density at radius 1 is 1.10 bits per heavy atom. The van der Waals surface area contributed by atoms with Gasteiger partial charge in [0.1, 0.15) is 5.82 Å². The van der Waals surface area contributed by atoms with Gasteiger partial charge in [-0.25, -0.2) is 9.18 Å². The Kier molecular flexibility index (Phi) is 4.85. The van der Waals surface area contributed by atoms with Crippen LogP contribution in [-0.2, 0) is 13.0 Å². The fraction of sp³-hybridized carbons (Fsp3) is 0.188. The molecule has 20 heavy (non-hydrogen) atoms. The molecule has 0 aliphatic rings. The highest BCUT2D eigenvalue weighted by Gasteiger charge is 2.09. The minimum absolute atomic E-state index is 0.293. The van der Waals surface area contributed by atoms with E-state index in [0.29, 0.717) is 6.54 Å². The molecular weight excluding hydrogens is 257 g/mol. The predicted octanol–water partition coefficient (Wildman–Crippen LogP) is 2.86. The fourth-order valence-electron chi connectivity index (χ4n) is 1.95. The molecule has 0 amide bonds. The molecule has 0 bridgehead atoms. The van der Waals surface area contributed by atoms with Gasteiger partial charge in [0.2, 0.25) is 0 Å². The van der Waals surface area contributed by atoms with Crippen molar-refractivity contribution in [1.82, 2.24) is 5.32 Å². The van der Waals surface area contributed by atoms with E-state index in [1.54, 1.807) is 6.07 Å². The van der Waals surface area contributed by atoms with E-state index in [0.717, 1.165) is 18.5 Å². The lowest BCUT2D eigenvalue weighted by Gasteiger charge is -2.06. The van der Waals surface area contributed by atoms with Gasteiger partial charge in [0.25, 0.3) is 0 Å². The molecule has 0 aromatic heterocycles. The standard InChI is InChI=1S/C16H16FNO2/c17-15-10-13(6-7-14(15)16(19)20)11-18-9-8-12-4-2-1-3-5-12/h1-7,10,18H,8-9,11H2,(H,19,20). The molecule has 0 saturated heterocycles. The molecule has 0 aliphatic carbocycles. The van der Waals surface area contributed by atoms with Crippen LogP contribution in [0.25, 0.3) is 0 Å². The lowest BCUT2D eigenvalue weighted by Crippen LogP contribution is -2.17. The van der Waals surface area contributed by atoms with Crippen LogP contribution in [0.15, 0.2) is 48.5 Å². The van der Waals surface area contributed by atoms with Crippen LogP contribution >= 0.6 is 0 Å². The van der Waals surface area contributed by atoms with Gasteiger partial charge in [-0.3, -0.25) is 0 Å². The minimum atomic E-state index is -1.24. The van der Waals surface area contributed by atoms with Crippen LogP contribution in [0, 0.1) is 5.82 Å². The van der Waals surface area contributed by atoms with Crippen molar-refractivity contribution in [3.05, 3.63) is 71.0 Å². The predicted molar refractivity (Wildman–Crippen MR) is 75.2 cm³/mol. The molecule has 104 valence electrons. The molecule has 0 heterocycles. The monoisotopic (exact) mass is 273 g/mol. The van der Waals surface area contributed by atoms with E-state index in [2.05, 4.69) is 17.4 Å². The summed E-state index contributed by atoms with van der Waals surface area (Å²) in [5, 5.41) is 12.0. The topological polar surface area (TPSA) is 49.3 Å². The third-order valence-corrected chi connectivity index (χ3v) is 3.03. The zero-order valence-electron chi connectivity index (χ0n) is 11.0. The molecular formula is C16H16FNO2. The van der Waals surface area contributed by atoms with Crippen molar-refractivity contribution in [2.75, 3.05) is 6.54 Å². The first-order valence-electron chi connectivity index (χ1n) is 6.43. The van der Waals surface area contributed by atoms with Crippen molar-refractivity contribution in [2.24, 2.45) is 0 Å². The van der Waals surface area contributed by atoms with Gasteiger partial charge >= 0.3 is 5.97 Å². The second kappa shape index (κ2) is 6.82. The highest BCUT2D eigenvalue weighted by Crippen LogP contribution is 2.10. The number of halogens is 1. The van der Waals surface area contributed by atoms with Crippen LogP contribution in [0.4, 0.5) is 4.39 Å². The molecule has 2 aromatic carbocycles. The van der Waals surface area contributed by atoms with Gasteiger partial charge in [0.05, 0.1) is 5.56 Å². The fourth-order valence-corrected chi connectivity index (χ4v) is 1.95. The Labute approximate surface area is 117 Å². The number of carbonyl (C=O) groups is 1. The minimum Gasteiger partial charge on any atom is -0.478 e. The van der Waals surface area contributed by atoms with E-state index in [1.807, 2.05) is 18.2 Å². The molecule has 0 saturated carbocycles. The van der Waals surface area contributed by atoms with E-state index >= 15 is 0 Å². The smallest absolute Gasteiger partial charge is 0.338 e. The lowest BCUT2D eigenvalue weighted by molar-refractivity contribution is 0.0692. The quantitative estimate of drug-likeness (QED) is 0.796. The van der Waals surface area contributed by atoms with E-state index in [4.69, 9.17) is 5.11 Å². The molecule has 0 spiro atoms. The van der Waals surface area contributed by atoms with Crippen LogP contribution in [0.5, 0.6) is 0 Å². The number of aromatic carboxylic acids is 1. The number of nitrogens with one attached hydrogen (secondary N) is 1. The summed E-state index contributed by atoms with van der Waals surface area (Å²) in [4.78, 5) is 10.7. The molecule has 0 aliphatic heterocycles. The zero-order chi connectivity index (χ0) is 14.4. The molecule has 2 N–H and O–H groups in total. The van der Waals surface area contributed by atoms with Gasteiger partial charge in [-0.1, -0.05) is 36.4 Å². The highest BCUT2D eigenvalue weighted by molar-refractivity contribution is 5.87. The van der Waals surface area contributed by atoms with Gasteiger partial charge in [-0.15, -0.1) is 0 Å². The summed E-state index contributed by atoms with van der Waals surface area (Å²) >= 11 is 0. The Bertz CT molecular complexity index is 584. The van der Waals surface area contributed by atoms with Crippen LogP contribution < -0.4 is 5.32 Å². The van der Waals surface area contributed by atoms with E-state index in [1.165, 1.54) is 17.7 Å². The van der Waals surface area contributed by atoms with Crippen LogP contribution in [0.1, 0.15) is 21.5 Å². The summed E-state index contributed by atoms with van der Waals surface area (Å²) in [5.41, 5.74) is 1.69. The Morgan fingerprint density at radius 3 is 2.50 bits per heavy atom. The van der Waals surface area contributed by atoms with Gasteiger partial charge in [0.15, 0.2) is 0 Å². The average molecular weight is 273 g/mol. The SMILES string of the molecule is O=C(O)c1ccc(CNCCc2ccccc2)cc1F. The Morgan fingerprint density at radius 2 is 1.85 bits per heavy atom. The maximum atomic E-state index is 13.5. The van der Waals surface area contributed by atoms with E-state index < -0.39 is 11.8 Å². The molecule has 2 rings (SSSR count). The first kappa shape index (κ1) is 14.2. The maximum absolute atomic E-state index is 13.5. The Balaban J connectivity index is 1.83. The number of hydrogen-bond donors (Lipinski definition) is 2. The lowest BCUT2D eigenvalue weighted by atomic mass is 10.1. The summed E-state index contributed by atoms with van der Waals surface area (Å²) in [7, 11) is 0. The summed E-state index contributed by atoms with van der Waals surface area (Å²) in [6.45, 7) is 1.30. The van der Waals surface area contributed by atoms with Gasteiger partial charge < -0.3 is 10.4 Å². The number of hydrogen-bond acceptors (Lipinski definition) is 2. The van der Waals surface area contributed by atoms with Crippen LogP contribution in [0.2, 0.25) is 0 Å². The number of benzene rings is 2. The van der Waals surface area contributed by atoms with Crippen molar-refractivity contribution in [1.29, 1.82) is 0 Å². The van der Waals surface area contributed by atoms with E-state index in [-0.39, 0.29) is 5.56 Å². The summed E-state index contributed by atoms with van der Waals surface area (Å²) in [6.07, 6.45) is 0.899. The number of carboxylic acid groups (broad SMARTS) is 1. The van der Waals surface area contributed by atoms with Crippen LogP contribution in [0.3, 0.4) is 0 Å². The van der Waals surface area contributed by atoms with Gasteiger partial charge in [0, 0.05) is 6.54 Å². The molecule has 2 aromatic rings. The molecule has 4 heteroatoms. The maximum Gasteiger partial charge on any atom is 0.338 e.